The summed E-state index contributed by atoms with van der Waals surface area (Å²) < 4.78 is 14.4. The Labute approximate surface area is 190 Å². The topological polar surface area (TPSA) is 17.1 Å². The molecule has 0 radical (unpaired) electrons. The summed E-state index contributed by atoms with van der Waals surface area (Å²) >= 11 is 0. The van der Waals surface area contributed by atoms with Gasteiger partial charge in [0, 0.05) is 10.6 Å². The van der Waals surface area contributed by atoms with Crippen molar-refractivity contribution >= 4 is 23.1 Å². The first kappa shape index (κ1) is 23.6. The average molecular weight is 452 g/mol. The summed E-state index contributed by atoms with van der Waals surface area (Å²) in [7, 11) is -2.98. The third-order valence-corrected chi connectivity index (χ3v) is 7.59. The van der Waals surface area contributed by atoms with E-state index in [9.17, 15) is 4.57 Å². The molecule has 30 heavy (non-hydrogen) atoms. The van der Waals surface area contributed by atoms with Crippen molar-refractivity contribution in [3.8, 4) is 0 Å². The molecule has 0 heterocycles. The Bertz CT molecular complexity index is 1020. The van der Waals surface area contributed by atoms with Crippen LogP contribution in [0.4, 0.5) is 0 Å². The van der Waals surface area contributed by atoms with E-state index in [-0.39, 0.29) is 17.1 Å². The largest absolute Gasteiger partial charge is 2.00 e. The smallest absolute Gasteiger partial charge is 0.310 e. The van der Waals surface area contributed by atoms with Crippen LogP contribution in [0.25, 0.3) is 5.31 Å². The predicted octanol–water partition coefficient (Wildman–Crippen LogP) is 6.74. The standard InChI is InChI=1S/C22H20OP.C5H5.Fe/c1-18(2)17-22(19-11-9-10-12-19)24(23,20-13-5-3-6-14-20)21-15-7-4-8-16-21;1-2-4-5-3-1;/h3-17H,1H2,2H3;1-5H;/q2*-1;+2/b22-17+;;. The zero-order valence-corrected chi connectivity index (χ0v) is 19.0. The third-order valence-electron chi connectivity index (χ3n) is 4.48. The second-order valence-corrected chi connectivity index (χ2v) is 9.53. The van der Waals surface area contributed by atoms with Crippen molar-refractivity contribution < 1.29 is 21.6 Å². The summed E-state index contributed by atoms with van der Waals surface area (Å²) in [6, 6.07) is 37.4. The molecule has 3 heteroatoms. The molecule has 1 nitrogen and oxygen atoms in total. The van der Waals surface area contributed by atoms with Crippen molar-refractivity contribution in [2.75, 3.05) is 0 Å². The second-order valence-electron chi connectivity index (χ2n) is 6.79. The third kappa shape index (κ3) is 5.71. The number of allylic oxidation sites excluding steroid dienone is 2. The van der Waals surface area contributed by atoms with E-state index in [2.05, 4.69) is 6.58 Å². The maximum atomic E-state index is 14.4. The molecule has 0 aliphatic carbocycles. The second kappa shape index (κ2) is 11.5. The van der Waals surface area contributed by atoms with Crippen LogP contribution >= 0.6 is 7.14 Å². The molecule has 0 saturated heterocycles. The fourth-order valence-electron chi connectivity index (χ4n) is 3.16. The summed E-state index contributed by atoms with van der Waals surface area (Å²) in [6.07, 6.45) is 1.95. The summed E-state index contributed by atoms with van der Waals surface area (Å²) in [5, 5.41) is 2.51. The van der Waals surface area contributed by atoms with Gasteiger partial charge in [-0.25, -0.2) is 12.1 Å². The Balaban J connectivity index is 0.000000468. The molecule has 4 aromatic rings. The summed E-state index contributed by atoms with van der Waals surface area (Å²) in [5.41, 5.74) is 1.87. The number of rotatable bonds is 5. The Kier molecular flexibility index (Phi) is 9.09. The van der Waals surface area contributed by atoms with Crippen LogP contribution in [0.1, 0.15) is 12.5 Å². The number of hydrogen-bond donors (Lipinski definition) is 0. The van der Waals surface area contributed by atoms with Crippen LogP contribution in [0.3, 0.4) is 0 Å². The van der Waals surface area contributed by atoms with Crippen LogP contribution in [-0.2, 0) is 21.6 Å². The SMILES string of the molecule is C=C(C)/C=C(\[c-]1cccc1)P(=O)(c1ccccc1)c1ccccc1.[Fe+2].c1cc[cH-]c1. The molecule has 4 rings (SSSR count). The Hall–Kier alpha value is -2.63. The van der Waals surface area contributed by atoms with Gasteiger partial charge < -0.3 is 4.57 Å². The van der Waals surface area contributed by atoms with E-state index in [1.165, 1.54) is 0 Å². The van der Waals surface area contributed by atoms with Crippen LogP contribution in [0.2, 0.25) is 0 Å². The molecule has 0 aliphatic heterocycles. The van der Waals surface area contributed by atoms with Crippen molar-refractivity contribution in [2.45, 2.75) is 6.92 Å². The fraction of sp³-hybridized carbons (Fsp3) is 0.0370. The van der Waals surface area contributed by atoms with E-state index in [0.29, 0.717) is 0 Å². The first-order chi connectivity index (χ1) is 14.1. The van der Waals surface area contributed by atoms with E-state index in [1.54, 1.807) is 0 Å². The molecular formula is C27H25FeOP. The van der Waals surface area contributed by atoms with Crippen LogP contribution in [0.15, 0.2) is 133 Å². The summed E-state index contributed by atoms with van der Waals surface area (Å²) in [4.78, 5) is 0. The number of hydrogen-bond acceptors (Lipinski definition) is 1. The molecule has 4 aromatic carbocycles. The molecule has 0 atom stereocenters. The molecule has 0 N–H and O–H groups in total. The van der Waals surface area contributed by atoms with Crippen molar-refractivity contribution in [2.24, 2.45) is 0 Å². The molecule has 0 fully saturated rings. The molecule has 0 aromatic heterocycles. The molecular weight excluding hydrogens is 427 g/mol. The maximum absolute atomic E-state index is 14.4. The van der Waals surface area contributed by atoms with Crippen LogP contribution in [0, 0.1) is 0 Å². The molecule has 0 amide bonds. The van der Waals surface area contributed by atoms with Crippen molar-refractivity contribution in [1.29, 1.82) is 0 Å². The minimum Gasteiger partial charge on any atom is -0.310 e. The maximum Gasteiger partial charge on any atom is 2.00 e. The zero-order valence-electron chi connectivity index (χ0n) is 17.0. The van der Waals surface area contributed by atoms with E-state index in [4.69, 9.17) is 0 Å². The van der Waals surface area contributed by atoms with Gasteiger partial charge in [-0.05, 0) is 6.92 Å². The Morgan fingerprint density at radius 1 is 0.833 bits per heavy atom. The molecule has 0 aliphatic rings. The predicted molar refractivity (Wildman–Crippen MR) is 127 cm³/mol. The Morgan fingerprint density at radius 2 is 1.30 bits per heavy atom. The normalized spacial score (nSPS) is 11.0. The van der Waals surface area contributed by atoms with Gasteiger partial charge in [-0.2, -0.15) is 30.3 Å². The van der Waals surface area contributed by atoms with Gasteiger partial charge in [-0.3, -0.25) is 0 Å². The van der Waals surface area contributed by atoms with Gasteiger partial charge in [0.25, 0.3) is 0 Å². The van der Waals surface area contributed by atoms with E-state index >= 15 is 0 Å². The van der Waals surface area contributed by atoms with Gasteiger partial charge in [0.15, 0.2) is 7.14 Å². The monoisotopic (exact) mass is 452 g/mol. The van der Waals surface area contributed by atoms with Crippen molar-refractivity contribution in [3.63, 3.8) is 0 Å². The van der Waals surface area contributed by atoms with Gasteiger partial charge >= 0.3 is 17.1 Å². The molecule has 0 saturated carbocycles. The quantitative estimate of drug-likeness (QED) is 0.142. The summed E-state index contributed by atoms with van der Waals surface area (Å²) in [6.45, 7) is 5.94. The van der Waals surface area contributed by atoms with E-state index in [0.717, 1.165) is 27.1 Å². The van der Waals surface area contributed by atoms with Crippen LogP contribution in [0.5, 0.6) is 0 Å². The van der Waals surface area contributed by atoms with Crippen LogP contribution < -0.4 is 10.6 Å². The van der Waals surface area contributed by atoms with Crippen molar-refractivity contribution in [1.82, 2.24) is 0 Å². The van der Waals surface area contributed by atoms with Gasteiger partial charge in [0.2, 0.25) is 0 Å². The van der Waals surface area contributed by atoms with Gasteiger partial charge in [0.05, 0.1) is 0 Å². The minimum absolute atomic E-state index is 0. The zero-order chi connectivity index (χ0) is 20.5. The molecule has 0 bridgehead atoms. The van der Waals surface area contributed by atoms with Crippen LogP contribution in [-0.4, -0.2) is 0 Å². The first-order valence-corrected chi connectivity index (χ1v) is 11.3. The van der Waals surface area contributed by atoms with E-state index < -0.39 is 7.14 Å². The van der Waals surface area contributed by atoms with Gasteiger partial charge in [0.1, 0.15) is 0 Å². The average Bonchev–Trinajstić information content (AvgIpc) is 3.49. The first-order valence-electron chi connectivity index (χ1n) is 9.60. The van der Waals surface area contributed by atoms with E-state index in [1.807, 2.05) is 128 Å². The van der Waals surface area contributed by atoms with Gasteiger partial charge in [-0.1, -0.05) is 71.6 Å². The molecule has 152 valence electrons. The minimum atomic E-state index is -2.98. The molecule has 0 unspecified atom stereocenters. The fourth-order valence-corrected chi connectivity index (χ4v) is 6.11. The van der Waals surface area contributed by atoms with Crippen molar-refractivity contribution in [3.05, 3.63) is 139 Å². The molecule has 0 spiro atoms. The number of benzene rings is 2. The summed E-state index contributed by atoms with van der Waals surface area (Å²) in [5.74, 6) is 0. The van der Waals surface area contributed by atoms with Gasteiger partial charge in [-0.15, -0.1) is 30.4 Å². The Morgan fingerprint density at radius 3 is 1.67 bits per heavy atom.